The molecular formula is C69H84FN15O6S. The Hall–Kier alpha value is -8.90. The number of ether oxygens (including phenoxy) is 1. The predicted molar refractivity (Wildman–Crippen MR) is 362 cm³/mol. The summed E-state index contributed by atoms with van der Waals surface area (Å²) in [6, 6.07) is 42.8. The molecule has 8 aromatic rings. The maximum absolute atomic E-state index is 14.2. The van der Waals surface area contributed by atoms with Gasteiger partial charge in [-0.3, -0.25) is 9.69 Å². The van der Waals surface area contributed by atoms with Gasteiger partial charge in [0.15, 0.2) is 27.2 Å². The summed E-state index contributed by atoms with van der Waals surface area (Å²) in [7, 11) is -1.80. The van der Waals surface area contributed by atoms with E-state index >= 15 is 0 Å². The Morgan fingerprint density at radius 3 is 1.52 bits per heavy atom. The summed E-state index contributed by atoms with van der Waals surface area (Å²) in [5.74, 6) is 4.46. The Kier molecular flexibility index (Phi) is 22.9. The van der Waals surface area contributed by atoms with Gasteiger partial charge in [-0.15, -0.1) is 0 Å². The number of ketones is 1. The number of aromatic nitrogens is 7. The number of sulfone groups is 1. The molecule has 3 saturated heterocycles. The normalized spacial score (nSPS) is 16.5. The molecule has 3 aliphatic heterocycles. The molecule has 0 amide bonds. The van der Waals surface area contributed by atoms with Gasteiger partial charge in [0.25, 0.3) is 0 Å². The maximum atomic E-state index is 14.2. The fourth-order valence-corrected chi connectivity index (χ4v) is 12.3. The number of likely N-dealkylation sites (N-methyl/N-ethyl adjacent to an activating group) is 1. The lowest BCUT2D eigenvalue weighted by Gasteiger charge is -2.30. The van der Waals surface area contributed by atoms with Crippen molar-refractivity contribution < 1.29 is 32.6 Å². The van der Waals surface area contributed by atoms with Crippen LogP contribution in [0.4, 0.5) is 62.8 Å². The number of aliphatic hydroxyl groups is 2. The fraction of sp³-hybridized carbons (Fsp3) is 0.391. The average molecular weight is 1270 g/mol. The van der Waals surface area contributed by atoms with Gasteiger partial charge in [-0.1, -0.05) is 86.8 Å². The fourth-order valence-electron chi connectivity index (χ4n) is 11.7. The van der Waals surface area contributed by atoms with E-state index in [4.69, 9.17) is 14.7 Å². The number of piperidine rings is 2. The number of carbonyl (C=O) groups excluding carboxylic acids is 1. The van der Waals surface area contributed by atoms with Crippen LogP contribution >= 0.6 is 0 Å². The first-order chi connectivity index (χ1) is 44.6. The van der Waals surface area contributed by atoms with Crippen LogP contribution in [0.3, 0.4) is 0 Å². The van der Waals surface area contributed by atoms with E-state index in [1.54, 1.807) is 55.5 Å². The van der Waals surface area contributed by atoms with E-state index in [1.807, 2.05) is 84.9 Å². The molecule has 92 heavy (non-hydrogen) atoms. The Bertz CT molecular complexity index is 3780. The van der Waals surface area contributed by atoms with Gasteiger partial charge >= 0.3 is 0 Å². The number of rotatable bonds is 20. The number of Topliss-reactive ketones (excluding diaryl/α,β-unsaturated/α-hetero) is 1. The molecular weight excluding hydrogens is 1190 g/mol. The van der Waals surface area contributed by atoms with Gasteiger partial charge in [0, 0.05) is 104 Å². The molecule has 4 fully saturated rings. The second-order valence-electron chi connectivity index (χ2n) is 23.7. The van der Waals surface area contributed by atoms with Crippen LogP contribution in [0.1, 0.15) is 94.8 Å². The molecule has 1 atom stereocenters. The first-order valence-corrected chi connectivity index (χ1v) is 33.8. The van der Waals surface area contributed by atoms with Gasteiger partial charge in [0.1, 0.15) is 11.6 Å². The quantitative estimate of drug-likeness (QED) is 0.0350. The van der Waals surface area contributed by atoms with E-state index < -0.39 is 15.7 Å². The molecule has 0 bridgehead atoms. The molecule has 12 rings (SSSR count). The largest absolute Gasteiger partial charge is 0.494 e. The summed E-state index contributed by atoms with van der Waals surface area (Å²) in [4.78, 5) is 51.0. The molecule has 0 radical (unpaired) electrons. The van der Waals surface area contributed by atoms with Crippen LogP contribution in [-0.2, 0) is 9.84 Å². The number of nitrogens with one attached hydrogen (secondary N) is 5. The predicted octanol–water partition coefficient (Wildman–Crippen LogP) is 12.0. The number of benzene rings is 5. The summed E-state index contributed by atoms with van der Waals surface area (Å²) in [5.41, 5.74) is 6.37. The SMILES string of the molecule is CC(=O)c1ccc(Nc2nc(-c3ccccc3)cc(N3CCC(O)CC3)n2)cc1.CCN1CCCC1CNc1nc(NCC2CCCCC2)nc(Nc2ccc(OC)c(F)c2)n1.CS(=O)(=O)c1ccc(Nc2nc(-c3ccccc3)cc(N3CCC(O)CC3)n2)cc1. The summed E-state index contributed by atoms with van der Waals surface area (Å²) in [6.07, 6.45) is 12.4. The zero-order valence-corrected chi connectivity index (χ0v) is 53.6. The average Bonchev–Trinajstić information content (AvgIpc) is 1.26. The molecule has 6 heterocycles. The van der Waals surface area contributed by atoms with E-state index in [9.17, 15) is 27.8 Å². The molecule has 484 valence electrons. The second kappa shape index (κ2) is 31.9. The van der Waals surface area contributed by atoms with Crippen molar-refractivity contribution in [3.8, 4) is 28.3 Å². The van der Waals surface area contributed by atoms with Crippen LogP contribution in [0.5, 0.6) is 5.75 Å². The number of anilines is 10. The summed E-state index contributed by atoms with van der Waals surface area (Å²) in [5, 5.41) is 36.0. The lowest BCUT2D eigenvalue weighted by Crippen LogP contribution is -2.36. The van der Waals surface area contributed by atoms with E-state index in [1.165, 1.54) is 64.4 Å². The summed E-state index contributed by atoms with van der Waals surface area (Å²) >= 11 is 0. The number of nitrogens with zero attached hydrogens (tertiary/aromatic N) is 10. The van der Waals surface area contributed by atoms with Crippen molar-refractivity contribution in [2.45, 2.75) is 108 Å². The summed E-state index contributed by atoms with van der Waals surface area (Å²) in [6.45, 7) is 10.6. The molecule has 1 aliphatic carbocycles. The number of hydrogen-bond donors (Lipinski definition) is 7. The number of aliphatic hydroxyl groups excluding tert-OH is 2. The van der Waals surface area contributed by atoms with Gasteiger partial charge in [-0.25, -0.2) is 22.8 Å². The Morgan fingerprint density at radius 1 is 0.554 bits per heavy atom. The van der Waals surface area contributed by atoms with E-state index in [-0.39, 0.29) is 28.6 Å². The first kappa shape index (κ1) is 66.0. The van der Waals surface area contributed by atoms with E-state index in [2.05, 4.69) is 73.1 Å². The topological polar surface area (TPSA) is 261 Å². The van der Waals surface area contributed by atoms with Crippen LogP contribution in [0, 0.1) is 11.7 Å². The lowest BCUT2D eigenvalue weighted by atomic mass is 9.89. The smallest absolute Gasteiger partial charge is 0.233 e. The standard InChI is InChI=1S/C24H36FN7O.C23H24N4O2.C22H24N4O3S/c1-3-32-13-7-10-19(32)16-27-23-29-22(26-15-17-8-5-4-6-9-17)30-24(31-23)28-18-11-12-21(33-2)20(25)14-18;1-16(28)17-7-9-19(10-8-17)24-23-25-21(18-5-3-2-4-6-18)15-22(26-23)27-13-11-20(29)12-14-27;1-30(28,29)19-9-7-17(8-10-19)23-22-24-20(16-5-3-2-4-6-16)15-21(25-22)26-13-11-18(27)12-14-26/h11-12,14,17,19H,3-10,13,15-16H2,1-2H3,(H3,26,27,28,29,30,31);2-10,15,20,29H,11-14H2,1H3,(H,24,25,26);2-10,15,18,27H,11-14H2,1H3,(H,23,24,25). The van der Waals surface area contributed by atoms with E-state index in [0.29, 0.717) is 71.5 Å². The van der Waals surface area contributed by atoms with Crippen LogP contribution in [0.15, 0.2) is 144 Å². The van der Waals surface area contributed by atoms with Crippen molar-refractivity contribution in [3.63, 3.8) is 0 Å². The van der Waals surface area contributed by atoms with Crippen molar-refractivity contribution in [3.05, 3.63) is 151 Å². The minimum Gasteiger partial charge on any atom is -0.494 e. The number of methoxy groups -OCH3 is 1. The molecule has 1 saturated carbocycles. The third kappa shape index (κ3) is 18.9. The van der Waals surface area contributed by atoms with Crippen molar-refractivity contribution in [2.75, 3.05) is 102 Å². The van der Waals surface area contributed by atoms with Crippen LogP contribution in [0.25, 0.3) is 22.5 Å². The Labute approximate surface area is 538 Å². The highest BCUT2D eigenvalue weighted by Crippen LogP contribution is 2.31. The monoisotopic (exact) mass is 1270 g/mol. The zero-order chi connectivity index (χ0) is 64.4. The third-order valence-electron chi connectivity index (χ3n) is 16.9. The second-order valence-corrected chi connectivity index (χ2v) is 25.7. The van der Waals surface area contributed by atoms with Crippen LogP contribution < -0.4 is 41.1 Å². The Morgan fingerprint density at radius 2 is 1.03 bits per heavy atom. The number of carbonyl (C=O) groups is 1. The molecule has 3 aromatic heterocycles. The third-order valence-corrected chi connectivity index (χ3v) is 18.1. The number of halogens is 1. The molecule has 7 N–H and O–H groups in total. The molecule has 0 spiro atoms. The highest BCUT2D eigenvalue weighted by molar-refractivity contribution is 7.90. The highest BCUT2D eigenvalue weighted by Gasteiger charge is 2.25. The molecule has 4 aliphatic rings. The first-order valence-electron chi connectivity index (χ1n) is 31.9. The highest BCUT2D eigenvalue weighted by atomic mass is 32.2. The maximum Gasteiger partial charge on any atom is 0.233 e. The Balaban J connectivity index is 0.000000152. The number of likely N-dealkylation sites (tertiary alicyclic amines) is 1. The molecule has 23 heteroatoms. The number of hydrogen-bond acceptors (Lipinski definition) is 21. The van der Waals surface area contributed by atoms with Crippen LogP contribution in [0.2, 0.25) is 0 Å². The minimum atomic E-state index is -3.25. The summed E-state index contributed by atoms with van der Waals surface area (Å²) < 4.78 is 42.5. The van der Waals surface area contributed by atoms with Gasteiger partial charge in [0.05, 0.1) is 35.6 Å². The van der Waals surface area contributed by atoms with Gasteiger partial charge < -0.3 is 51.3 Å². The molecule has 21 nitrogen and oxygen atoms in total. The van der Waals surface area contributed by atoms with Gasteiger partial charge in [0.2, 0.25) is 29.7 Å². The minimum absolute atomic E-state index is 0.0356. The molecule has 1 unspecified atom stereocenters. The lowest BCUT2D eigenvalue weighted by molar-refractivity contribution is 0.101. The van der Waals surface area contributed by atoms with Crippen molar-refractivity contribution in [2.24, 2.45) is 5.92 Å². The van der Waals surface area contributed by atoms with Crippen molar-refractivity contribution in [1.82, 2.24) is 39.8 Å². The zero-order valence-electron chi connectivity index (χ0n) is 52.8. The van der Waals surface area contributed by atoms with Gasteiger partial charge in [-0.05, 0) is 138 Å². The van der Waals surface area contributed by atoms with Crippen molar-refractivity contribution in [1.29, 1.82) is 0 Å². The van der Waals surface area contributed by atoms with Crippen molar-refractivity contribution >= 4 is 74.1 Å². The van der Waals surface area contributed by atoms with Gasteiger partial charge in [-0.2, -0.15) is 24.9 Å². The van der Waals surface area contributed by atoms with E-state index in [0.717, 1.165) is 105 Å². The van der Waals surface area contributed by atoms with Crippen LogP contribution in [-0.4, -0.2) is 148 Å². The molecule has 5 aromatic carbocycles.